The average molecular weight is 233 g/mol. The quantitative estimate of drug-likeness (QED) is 0.870. The molecule has 2 rings (SSSR count). The lowest BCUT2D eigenvalue weighted by Gasteiger charge is -2.21. The zero-order valence-electron chi connectivity index (χ0n) is 10.8. The molecule has 3 heteroatoms. The van der Waals surface area contributed by atoms with E-state index in [0.717, 1.165) is 30.9 Å². The largest absolute Gasteiger partial charge is 0.330 e. The van der Waals surface area contributed by atoms with Crippen molar-refractivity contribution in [2.45, 2.75) is 57.8 Å². The van der Waals surface area contributed by atoms with E-state index in [1.807, 2.05) is 0 Å². The lowest BCUT2D eigenvalue weighted by Crippen LogP contribution is -2.11. The number of hydrogen-bond acceptors (Lipinski definition) is 3. The van der Waals surface area contributed by atoms with Gasteiger partial charge in [0, 0.05) is 23.7 Å². The van der Waals surface area contributed by atoms with E-state index in [9.17, 15) is 0 Å². The summed E-state index contributed by atoms with van der Waals surface area (Å²) in [6, 6.07) is 2.17. The predicted molar refractivity (Wildman–Crippen MR) is 70.0 cm³/mol. The van der Waals surface area contributed by atoms with Crippen molar-refractivity contribution in [3.05, 3.63) is 23.3 Å². The second kappa shape index (κ2) is 6.10. The summed E-state index contributed by atoms with van der Waals surface area (Å²) in [5.41, 5.74) is 7.91. The first-order valence-corrected chi connectivity index (χ1v) is 6.84. The Balaban J connectivity index is 2.12. The van der Waals surface area contributed by atoms with Crippen molar-refractivity contribution >= 4 is 0 Å². The number of nitrogens with two attached hydrogens (primary N) is 1. The molecule has 0 atom stereocenters. The van der Waals surface area contributed by atoms with Crippen LogP contribution in [0.4, 0.5) is 0 Å². The van der Waals surface area contributed by atoms with Gasteiger partial charge >= 0.3 is 0 Å². The molecule has 17 heavy (non-hydrogen) atoms. The highest BCUT2D eigenvalue weighted by Gasteiger charge is 2.17. The summed E-state index contributed by atoms with van der Waals surface area (Å²) in [4.78, 5) is 9.23. The number of aryl methyl sites for hydroxylation is 2. The average Bonchev–Trinajstić information content (AvgIpc) is 2.37. The summed E-state index contributed by atoms with van der Waals surface area (Å²) in [5, 5.41) is 0. The molecule has 0 aliphatic heterocycles. The normalized spacial score (nSPS) is 17.3. The van der Waals surface area contributed by atoms with Gasteiger partial charge in [0.15, 0.2) is 0 Å². The lowest BCUT2D eigenvalue weighted by atomic mass is 9.86. The Labute approximate surface area is 104 Å². The minimum absolute atomic E-state index is 0.669. The Morgan fingerprint density at radius 3 is 2.71 bits per heavy atom. The molecule has 0 bridgehead atoms. The van der Waals surface area contributed by atoms with Crippen LogP contribution >= 0.6 is 0 Å². The summed E-state index contributed by atoms with van der Waals surface area (Å²) in [6.07, 6.45) is 8.59. The van der Waals surface area contributed by atoms with Crippen LogP contribution in [0.15, 0.2) is 6.07 Å². The SMILES string of the molecule is Cc1cc(C2CCCCC2)nc(CCCN)n1. The van der Waals surface area contributed by atoms with Crippen molar-refractivity contribution in [1.82, 2.24) is 9.97 Å². The van der Waals surface area contributed by atoms with Gasteiger partial charge in [-0.1, -0.05) is 19.3 Å². The van der Waals surface area contributed by atoms with Crippen LogP contribution in [0.1, 0.15) is 61.7 Å². The highest BCUT2D eigenvalue weighted by molar-refractivity contribution is 5.15. The molecule has 1 aliphatic carbocycles. The molecule has 1 aromatic heterocycles. The molecule has 0 radical (unpaired) electrons. The molecular weight excluding hydrogens is 210 g/mol. The summed E-state index contributed by atoms with van der Waals surface area (Å²) in [7, 11) is 0. The zero-order valence-corrected chi connectivity index (χ0v) is 10.8. The molecule has 0 amide bonds. The molecular formula is C14H23N3. The first-order valence-electron chi connectivity index (χ1n) is 6.84. The summed E-state index contributed by atoms with van der Waals surface area (Å²) >= 11 is 0. The molecule has 0 unspecified atom stereocenters. The topological polar surface area (TPSA) is 51.8 Å². The van der Waals surface area contributed by atoms with E-state index in [2.05, 4.69) is 18.0 Å². The van der Waals surface area contributed by atoms with Crippen LogP contribution in [0.5, 0.6) is 0 Å². The zero-order chi connectivity index (χ0) is 12.1. The van der Waals surface area contributed by atoms with Crippen LogP contribution in [-0.2, 0) is 6.42 Å². The van der Waals surface area contributed by atoms with E-state index in [4.69, 9.17) is 10.7 Å². The van der Waals surface area contributed by atoms with E-state index in [-0.39, 0.29) is 0 Å². The molecule has 1 heterocycles. The van der Waals surface area contributed by atoms with Crippen LogP contribution in [0, 0.1) is 6.92 Å². The maximum Gasteiger partial charge on any atom is 0.128 e. The van der Waals surface area contributed by atoms with Gasteiger partial charge in [-0.2, -0.15) is 0 Å². The van der Waals surface area contributed by atoms with E-state index in [0.29, 0.717) is 5.92 Å². The fourth-order valence-electron chi connectivity index (χ4n) is 2.64. The first-order chi connectivity index (χ1) is 8.29. The fourth-order valence-corrected chi connectivity index (χ4v) is 2.64. The lowest BCUT2D eigenvalue weighted by molar-refractivity contribution is 0.434. The maximum absolute atomic E-state index is 5.54. The summed E-state index contributed by atoms with van der Waals surface area (Å²) < 4.78 is 0. The van der Waals surface area contributed by atoms with Gasteiger partial charge in [-0.15, -0.1) is 0 Å². The monoisotopic (exact) mass is 233 g/mol. The Morgan fingerprint density at radius 2 is 2.00 bits per heavy atom. The fraction of sp³-hybridized carbons (Fsp3) is 0.714. The second-order valence-electron chi connectivity index (χ2n) is 5.08. The van der Waals surface area contributed by atoms with E-state index < -0.39 is 0 Å². The van der Waals surface area contributed by atoms with E-state index in [1.165, 1.54) is 37.8 Å². The van der Waals surface area contributed by atoms with Crippen LogP contribution < -0.4 is 5.73 Å². The van der Waals surface area contributed by atoms with Gasteiger partial charge in [0.05, 0.1) is 0 Å². The Hall–Kier alpha value is -0.960. The number of hydrogen-bond donors (Lipinski definition) is 1. The number of nitrogens with zero attached hydrogens (tertiary/aromatic N) is 2. The minimum Gasteiger partial charge on any atom is -0.330 e. The first kappa shape index (κ1) is 12.5. The van der Waals surface area contributed by atoms with Crippen LogP contribution in [0.2, 0.25) is 0 Å². The third-order valence-corrected chi connectivity index (χ3v) is 3.55. The maximum atomic E-state index is 5.54. The van der Waals surface area contributed by atoms with Crippen LogP contribution in [0.25, 0.3) is 0 Å². The Bertz CT molecular complexity index is 356. The molecule has 1 saturated carbocycles. The smallest absolute Gasteiger partial charge is 0.128 e. The van der Waals surface area contributed by atoms with Crippen molar-refractivity contribution in [3.63, 3.8) is 0 Å². The van der Waals surface area contributed by atoms with Crippen molar-refractivity contribution in [3.8, 4) is 0 Å². The van der Waals surface area contributed by atoms with Gasteiger partial charge in [-0.3, -0.25) is 0 Å². The van der Waals surface area contributed by atoms with Crippen LogP contribution in [0.3, 0.4) is 0 Å². The van der Waals surface area contributed by atoms with Gasteiger partial charge < -0.3 is 5.73 Å². The molecule has 0 spiro atoms. The van der Waals surface area contributed by atoms with Crippen molar-refractivity contribution in [2.24, 2.45) is 5.73 Å². The Kier molecular flexibility index (Phi) is 4.49. The van der Waals surface area contributed by atoms with Gasteiger partial charge in [-0.05, 0) is 38.8 Å². The molecule has 1 fully saturated rings. The summed E-state index contributed by atoms with van der Waals surface area (Å²) in [6.45, 7) is 2.79. The van der Waals surface area contributed by atoms with Crippen LogP contribution in [-0.4, -0.2) is 16.5 Å². The molecule has 3 nitrogen and oxygen atoms in total. The molecule has 1 aliphatic rings. The molecule has 1 aromatic rings. The highest BCUT2D eigenvalue weighted by Crippen LogP contribution is 2.31. The minimum atomic E-state index is 0.669. The Morgan fingerprint density at radius 1 is 1.24 bits per heavy atom. The number of rotatable bonds is 4. The summed E-state index contributed by atoms with van der Waals surface area (Å²) in [5.74, 6) is 1.65. The van der Waals surface area contributed by atoms with Gasteiger partial charge in [0.25, 0.3) is 0 Å². The third kappa shape index (κ3) is 3.50. The van der Waals surface area contributed by atoms with E-state index >= 15 is 0 Å². The molecule has 0 saturated heterocycles. The highest BCUT2D eigenvalue weighted by atomic mass is 14.9. The standard InChI is InChI=1S/C14H23N3/c1-11-10-13(12-6-3-2-4-7-12)17-14(16-11)8-5-9-15/h10,12H,2-9,15H2,1H3. The van der Waals surface area contributed by atoms with Crippen molar-refractivity contribution < 1.29 is 0 Å². The molecule has 94 valence electrons. The predicted octanol–water partition coefficient (Wildman–Crippen LogP) is 2.72. The van der Waals surface area contributed by atoms with E-state index in [1.54, 1.807) is 0 Å². The second-order valence-corrected chi connectivity index (χ2v) is 5.08. The number of aromatic nitrogens is 2. The molecule has 0 aromatic carbocycles. The van der Waals surface area contributed by atoms with Crippen molar-refractivity contribution in [2.75, 3.05) is 6.54 Å². The van der Waals surface area contributed by atoms with Gasteiger partial charge in [-0.25, -0.2) is 9.97 Å². The molecule has 2 N–H and O–H groups in total. The van der Waals surface area contributed by atoms with Crippen molar-refractivity contribution in [1.29, 1.82) is 0 Å². The van der Waals surface area contributed by atoms with Gasteiger partial charge in [0.1, 0.15) is 5.82 Å². The third-order valence-electron chi connectivity index (χ3n) is 3.55. The van der Waals surface area contributed by atoms with Gasteiger partial charge in [0.2, 0.25) is 0 Å².